The van der Waals surface area contributed by atoms with E-state index in [2.05, 4.69) is 15.0 Å². The van der Waals surface area contributed by atoms with Gasteiger partial charge < -0.3 is 4.98 Å². The lowest BCUT2D eigenvalue weighted by atomic mass is 10.0. The molecule has 88 valence electrons. The van der Waals surface area contributed by atoms with Gasteiger partial charge in [-0.2, -0.15) is 0 Å². The third-order valence-corrected chi connectivity index (χ3v) is 2.94. The molecule has 2 aromatic heterocycles. The Hall–Kier alpha value is -2.49. The van der Waals surface area contributed by atoms with Crippen molar-refractivity contribution in [1.82, 2.24) is 15.0 Å². The predicted molar refractivity (Wildman–Crippen MR) is 68.5 cm³/mol. The number of aryl methyl sites for hydroxylation is 1. The summed E-state index contributed by atoms with van der Waals surface area (Å²) in [5.74, 6) is -0.0141. The molecule has 0 atom stereocenters. The number of ketones is 1. The smallest absolute Gasteiger partial charge is 0.195 e. The third kappa shape index (κ3) is 1.59. The fourth-order valence-electron chi connectivity index (χ4n) is 2.04. The summed E-state index contributed by atoms with van der Waals surface area (Å²) in [6.07, 6.45) is 3.19. The summed E-state index contributed by atoms with van der Waals surface area (Å²) in [6, 6.07) is 9.21. The van der Waals surface area contributed by atoms with Crippen molar-refractivity contribution in [3.8, 4) is 0 Å². The van der Waals surface area contributed by atoms with Crippen molar-refractivity contribution in [2.45, 2.75) is 6.92 Å². The van der Waals surface area contributed by atoms with Crippen LogP contribution in [0.2, 0.25) is 0 Å². The molecule has 18 heavy (non-hydrogen) atoms. The molecule has 0 unspecified atom stereocenters. The van der Waals surface area contributed by atoms with Gasteiger partial charge in [0.2, 0.25) is 0 Å². The van der Waals surface area contributed by atoms with Gasteiger partial charge in [-0.05, 0) is 6.92 Å². The maximum absolute atomic E-state index is 12.4. The minimum absolute atomic E-state index is 0.0141. The Morgan fingerprint density at radius 3 is 2.72 bits per heavy atom. The van der Waals surface area contributed by atoms with E-state index in [0.717, 1.165) is 11.1 Å². The van der Waals surface area contributed by atoms with E-state index in [1.165, 1.54) is 6.33 Å². The zero-order chi connectivity index (χ0) is 12.5. The van der Waals surface area contributed by atoms with E-state index in [0.29, 0.717) is 16.8 Å². The SMILES string of the molecule is Cc1ncnc2[nH]cc(C(=O)c3ccccc3)c12. The molecule has 4 heteroatoms. The molecule has 0 fully saturated rings. The van der Waals surface area contributed by atoms with Crippen molar-refractivity contribution in [3.63, 3.8) is 0 Å². The second-order valence-electron chi connectivity index (χ2n) is 4.08. The van der Waals surface area contributed by atoms with Crippen LogP contribution in [0.3, 0.4) is 0 Å². The molecule has 0 amide bonds. The third-order valence-electron chi connectivity index (χ3n) is 2.94. The highest BCUT2D eigenvalue weighted by atomic mass is 16.1. The fourth-order valence-corrected chi connectivity index (χ4v) is 2.04. The number of nitrogens with one attached hydrogen (secondary N) is 1. The van der Waals surface area contributed by atoms with Crippen molar-refractivity contribution in [2.75, 3.05) is 0 Å². The zero-order valence-corrected chi connectivity index (χ0v) is 9.84. The molecular formula is C14H11N3O. The number of H-pyrrole nitrogens is 1. The van der Waals surface area contributed by atoms with Gasteiger partial charge in [0.1, 0.15) is 12.0 Å². The Balaban J connectivity index is 2.19. The highest BCUT2D eigenvalue weighted by molar-refractivity contribution is 6.16. The van der Waals surface area contributed by atoms with E-state index in [9.17, 15) is 4.79 Å². The van der Waals surface area contributed by atoms with Crippen LogP contribution in [0.1, 0.15) is 21.6 Å². The summed E-state index contributed by atoms with van der Waals surface area (Å²) < 4.78 is 0. The van der Waals surface area contributed by atoms with E-state index in [1.54, 1.807) is 18.3 Å². The number of hydrogen-bond donors (Lipinski definition) is 1. The Morgan fingerprint density at radius 1 is 1.17 bits per heavy atom. The number of aromatic nitrogens is 3. The highest BCUT2D eigenvalue weighted by Gasteiger charge is 2.16. The van der Waals surface area contributed by atoms with Crippen LogP contribution in [0.4, 0.5) is 0 Å². The molecule has 0 aliphatic heterocycles. The second-order valence-corrected chi connectivity index (χ2v) is 4.08. The van der Waals surface area contributed by atoms with Crippen molar-refractivity contribution < 1.29 is 4.79 Å². The number of hydrogen-bond acceptors (Lipinski definition) is 3. The minimum Gasteiger partial charge on any atom is -0.345 e. The average molecular weight is 237 g/mol. The summed E-state index contributed by atoms with van der Waals surface area (Å²) in [4.78, 5) is 23.7. The van der Waals surface area contributed by atoms with Crippen molar-refractivity contribution in [3.05, 3.63) is 59.7 Å². The topological polar surface area (TPSA) is 58.6 Å². The van der Waals surface area contributed by atoms with Crippen molar-refractivity contribution >= 4 is 16.8 Å². The van der Waals surface area contributed by atoms with Crippen LogP contribution < -0.4 is 0 Å². The lowest BCUT2D eigenvalue weighted by Crippen LogP contribution is -2.01. The van der Waals surface area contributed by atoms with Gasteiger partial charge in [0.15, 0.2) is 5.78 Å². The lowest BCUT2D eigenvalue weighted by Gasteiger charge is -2.00. The van der Waals surface area contributed by atoms with Crippen LogP contribution in [0.15, 0.2) is 42.9 Å². The molecule has 1 N–H and O–H groups in total. The first-order chi connectivity index (χ1) is 8.77. The lowest BCUT2D eigenvalue weighted by molar-refractivity contribution is 0.104. The largest absolute Gasteiger partial charge is 0.345 e. The monoisotopic (exact) mass is 237 g/mol. The molecule has 0 bridgehead atoms. The normalized spacial score (nSPS) is 10.7. The molecule has 0 aliphatic rings. The molecule has 2 heterocycles. The van der Waals surface area contributed by atoms with E-state index in [-0.39, 0.29) is 5.78 Å². The van der Waals surface area contributed by atoms with Crippen molar-refractivity contribution in [2.24, 2.45) is 0 Å². The van der Waals surface area contributed by atoms with Gasteiger partial charge in [-0.1, -0.05) is 30.3 Å². The Morgan fingerprint density at radius 2 is 1.94 bits per heavy atom. The van der Waals surface area contributed by atoms with E-state index in [4.69, 9.17) is 0 Å². The molecule has 3 rings (SSSR count). The summed E-state index contributed by atoms with van der Waals surface area (Å²) in [5, 5.41) is 0.798. The van der Waals surface area contributed by atoms with E-state index >= 15 is 0 Å². The molecule has 4 nitrogen and oxygen atoms in total. The summed E-state index contributed by atoms with van der Waals surface area (Å²) in [6.45, 7) is 1.87. The minimum atomic E-state index is -0.0141. The quantitative estimate of drug-likeness (QED) is 0.696. The summed E-state index contributed by atoms with van der Waals surface area (Å²) in [5.41, 5.74) is 2.79. The van der Waals surface area contributed by atoms with Gasteiger partial charge in [-0.15, -0.1) is 0 Å². The number of fused-ring (bicyclic) bond motifs is 1. The first-order valence-electron chi connectivity index (χ1n) is 5.66. The summed E-state index contributed by atoms with van der Waals surface area (Å²) >= 11 is 0. The first kappa shape index (κ1) is 10.7. The van der Waals surface area contributed by atoms with Gasteiger partial charge in [0, 0.05) is 11.8 Å². The fraction of sp³-hybridized carbons (Fsp3) is 0.0714. The zero-order valence-electron chi connectivity index (χ0n) is 9.84. The maximum atomic E-state index is 12.4. The molecular weight excluding hydrogens is 226 g/mol. The van der Waals surface area contributed by atoms with Gasteiger partial charge in [-0.3, -0.25) is 4.79 Å². The number of rotatable bonds is 2. The van der Waals surface area contributed by atoms with Crippen LogP contribution in [0, 0.1) is 6.92 Å². The van der Waals surface area contributed by atoms with Crippen LogP contribution in [0.25, 0.3) is 11.0 Å². The molecule has 0 saturated carbocycles. The average Bonchev–Trinajstić information content (AvgIpc) is 2.84. The summed E-state index contributed by atoms with van der Waals surface area (Å²) in [7, 11) is 0. The van der Waals surface area contributed by atoms with Gasteiger partial charge >= 0.3 is 0 Å². The van der Waals surface area contributed by atoms with Crippen LogP contribution in [-0.2, 0) is 0 Å². The second kappa shape index (κ2) is 4.07. The van der Waals surface area contributed by atoms with Crippen LogP contribution in [0.5, 0.6) is 0 Å². The Bertz CT molecular complexity index is 716. The highest BCUT2D eigenvalue weighted by Crippen LogP contribution is 2.21. The van der Waals surface area contributed by atoms with E-state index in [1.807, 2.05) is 25.1 Å². The molecule has 0 saturated heterocycles. The molecule has 0 aliphatic carbocycles. The van der Waals surface area contributed by atoms with Gasteiger partial charge in [-0.25, -0.2) is 9.97 Å². The van der Waals surface area contributed by atoms with Crippen molar-refractivity contribution in [1.29, 1.82) is 0 Å². The molecule has 1 aromatic carbocycles. The Labute approximate surface area is 104 Å². The molecule has 0 spiro atoms. The van der Waals surface area contributed by atoms with Gasteiger partial charge in [0.05, 0.1) is 16.6 Å². The number of nitrogens with zero attached hydrogens (tertiary/aromatic N) is 2. The van der Waals surface area contributed by atoms with Crippen LogP contribution >= 0.6 is 0 Å². The van der Waals surface area contributed by atoms with Gasteiger partial charge in [0.25, 0.3) is 0 Å². The predicted octanol–water partition coefficient (Wildman–Crippen LogP) is 2.50. The number of aromatic amines is 1. The molecule has 0 radical (unpaired) electrons. The number of carbonyl (C=O) groups excluding carboxylic acids is 1. The van der Waals surface area contributed by atoms with Crippen LogP contribution in [-0.4, -0.2) is 20.7 Å². The molecule has 3 aromatic rings. The number of benzene rings is 1. The number of carbonyl (C=O) groups is 1. The standard InChI is InChI=1S/C14H11N3O/c1-9-12-11(7-15-14(12)17-8-16-9)13(18)10-5-3-2-4-6-10/h2-8H,1H3,(H,15,16,17). The Kier molecular flexibility index (Phi) is 2.41. The first-order valence-corrected chi connectivity index (χ1v) is 5.66. The van der Waals surface area contributed by atoms with E-state index < -0.39 is 0 Å². The maximum Gasteiger partial charge on any atom is 0.195 e.